The van der Waals surface area contributed by atoms with E-state index in [1.54, 1.807) is 19.1 Å². The molecule has 0 amide bonds. The van der Waals surface area contributed by atoms with Crippen LogP contribution in [0, 0.1) is 11.8 Å². The first-order valence-corrected chi connectivity index (χ1v) is 5.83. The number of hydrogen-bond donors (Lipinski definition) is 1. The summed E-state index contributed by atoms with van der Waals surface area (Å²) in [6.45, 7) is 3.54. The molecule has 17 heavy (non-hydrogen) atoms. The first-order valence-electron chi connectivity index (χ1n) is 5.83. The number of carboxylic acids is 1. The fraction of sp³-hybridized carbons (Fsp3) is 0.429. The van der Waals surface area contributed by atoms with Gasteiger partial charge in [-0.05, 0) is 12.0 Å². The van der Waals surface area contributed by atoms with Crippen molar-refractivity contribution in [3.05, 3.63) is 35.9 Å². The Hall–Kier alpha value is -1.64. The van der Waals surface area contributed by atoms with Crippen molar-refractivity contribution < 1.29 is 14.7 Å². The maximum atomic E-state index is 11.9. The molecule has 1 saturated carbocycles. The van der Waals surface area contributed by atoms with E-state index in [9.17, 15) is 14.7 Å². The molecular weight excluding hydrogens is 216 g/mol. The van der Waals surface area contributed by atoms with E-state index in [0.717, 1.165) is 5.56 Å². The molecule has 1 aromatic rings. The number of carbonyl (C=O) groups is 2. The minimum Gasteiger partial charge on any atom is -0.481 e. The summed E-state index contributed by atoms with van der Waals surface area (Å²) < 4.78 is 0. The predicted octanol–water partition coefficient (Wildman–Crippen LogP) is 2.25. The largest absolute Gasteiger partial charge is 0.481 e. The van der Waals surface area contributed by atoms with Gasteiger partial charge in [-0.3, -0.25) is 9.59 Å². The van der Waals surface area contributed by atoms with Gasteiger partial charge in [0.1, 0.15) is 11.2 Å². The van der Waals surface area contributed by atoms with Gasteiger partial charge in [0.25, 0.3) is 0 Å². The molecule has 0 bridgehead atoms. The highest BCUT2D eigenvalue weighted by molar-refractivity contribution is 5.97. The summed E-state index contributed by atoms with van der Waals surface area (Å²) in [5.74, 6) is -1.48. The van der Waals surface area contributed by atoms with Crippen molar-refractivity contribution in [2.24, 2.45) is 11.8 Å². The Balaban J connectivity index is 2.56. The highest BCUT2D eigenvalue weighted by atomic mass is 16.4. The summed E-state index contributed by atoms with van der Waals surface area (Å²) in [5, 5.41) is 9.57. The molecule has 0 radical (unpaired) electrons. The zero-order chi connectivity index (χ0) is 12.6. The van der Waals surface area contributed by atoms with Gasteiger partial charge >= 0.3 is 5.97 Å². The van der Waals surface area contributed by atoms with Crippen LogP contribution in [0.3, 0.4) is 0 Å². The van der Waals surface area contributed by atoms with Crippen LogP contribution < -0.4 is 0 Å². The number of ketones is 1. The molecule has 0 aromatic heterocycles. The van der Waals surface area contributed by atoms with Gasteiger partial charge in [-0.1, -0.05) is 44.2 Å². The summed E-state index contributed by atoms with van der Waals surface area (Å²) in [6, 6.07) is 9.09. The first kappa shape index (κ1) is 11.8. The first-order chi connectivity index (χ1) is 8.00. The van der Waals surface area contributed by atoms with Crippen LogP contribution in [-0.4, -0.2) is 16.9 Å². The van der Waals surface area contributed by atoms with Gasteiger partial charge < -0.3 is 5.11 Å². The van der Waals surface area contributed by atoms with Gasteiger partial charge in [0, 0.05) is 11.8 Å². The third kappa shape index (κ3) is 1.57. The van der Waals surface area contributed by atoms with Crippen molar-refractivity contribution in [2.45, 2.75) is 25.7 Å². The molecule has 0 saturated heterocycles. The van der Waals surface area contributed by atoms with Crippen LogP contribution in [0.2, 0.25) is 0 Å². The molecule has 0 heterocycles. The number of carbonyl (C=O) groups excluding carboxylic acids is 1. The standard InChI is InChI=1S/C14H16O3/c1-9-8-14(13(16)17,10(2)12(9)15)11-6-4-3-5-7-11/h3-7,9-10H,8H2,1-2H3,(H,16,17). The van der Waals surface area contributed by atoms with Gasteiger partial charge in [0.2, 0.25) is 0 Å². The van der Waals surface area contributed by atoms with Crippen LogP contribution in [0.25, 0.3) is 0 Å². The fourth-order valence-corrected chi connectivity index (χ4v) is 2.93. The zero-order valence-electron chi connectivity index (χ0n) is 10.0. The molecule has 2 rings (SSSR count). The topological polar surface area (TPSA) is 54.4 Å². The molecule has 90 valence electrons. The fourth-order valence-electron chi connectivity index (χ4n) is 2.93. The molecule has 1 fully saturated rings. The monoisotopic (exact) mass is 232 g/mol. The summed E-state index contributed by atoms with van der Waals surface area (Å²) >= 11 is 0. The van der Waals surface area contributed by atoms with E-state index in [1.165, 1.54) is 0 Å². The average Bonchev–Trinajstić information content (AvgIpc) is 2.56. The van der Waals surface area contributed by atoms with Crippen molar-refractivity contribution >= 4 is 11.8 Å². The summed E-state index contributed by atoms with van der Waals surface area (Å²) in [5.41, 5.74) is -0.310. The smallest absolute Gasteiger partial charge is 0.314 e. The van der Waals surface area contributed by atoms with E-state index < -0.39 is 17.3 Å². The van der Waals surface area contributed by atoms with Crippen molar-refractivity contribution in [1.82, 2.24) is 0 Å². The molecule has 3 atom stereocenters. The lowest BCUT2D eigenvalue weighted by atomic mass is 9.72. The maximum Gasteiger partial charge on any atom is 0.314 e. The van der Waals surface area contributed by atoms with Crippen LogP contribution in [-0.2, 0) is 15.0 Å². The molecule has 3 heteroatoms. The van der Waals surface area contributed by atoms with Crippen molar-refractivity contribution in [3.63, 3.8) is 0 Å². The molecule has 0 aliphatic heterocycles. The Bertz CT molecular complexity index is 452. The minimum atomic E-state index is -1.04. The summed E-state index contributed by atoms with van der Waals surface area (Å²) in [7, 11) is 0. The van der Waals surface area contributed by atoms with Gasteiger partial charge in [0.05, 0.1) is 0 Å². The van der Waals surface area contributed by atoms with Gasteiger partial charge in [-0.15, -0.1) is 0 Å². The van der Waals surface area contributed by atoms with Crippen LogP contribution >= 0.6 is 0 Å². The molecule has 1 N–H and O–H groups in total. The zero-order valence-corrected chi connectivity index (χ0v) is 10.0. The van der Waals surface area contributed by atoms with Gasteiger partial charge in [-0.2, -0.15) is 0 Å². The maximum absolute atomic E-state index is 11.9. The van der Waals surface area contributed by atoms with E-state index in [1.807, 2.05) is 25.1 Å². The second-order valence-corrected chi connectivity index (χ2v) is 4.87. The number of aliphatic carboxylic acids is 1. The third-order valence-corrected chi connectivity index (χ3v) is 3.95. The molecule has 1 aromatic carbocycles. The molecule has 3 unspecified atom stereocenters. The van der Waals surface area contributed by atoms with E-state index in [0.29, 0.717) is 6.42 Å². The number of benzene rings is 1. The number of carboxylic acid groups (broad SMARTS) is 1. The molecular formula is C14H16O3. The number of Topliss-reactive ketones (excluding diaryl/α,β-unsaturated/α-hetero) is 1. The summed E-state index contributed by atoms with van der Waals surface area (Å²) in [4.78, 5) is 23.6. The Morgan fingerprint density at radius 3 is 2.29 bits per heavy atom. The molecule has 1 aliphatic carbocycles. The molecule has 3 nitrogen and oxygen atoms in total. The molecule has 0 spiro atoms. The average molecular weight is 232 g/mol. The van der Waals surface area contributed by atoms with Gasteiger partial charge in [0.15, 0.2) is 0 Å². The lowest BCUT2D eigenvalue weighted by Gasteiger charge is -2.28. The van der Waals surface area contributed by atoms with Crippen LogP contribution in [0.15, 0.2) is 30.3 Å². The summed E-state index contributed by atoms with van der Waals surface area (Å²) in [6.07, 6.45) is 0.395. The third-order valence-electron chi connectivity index (χ3n) is 3.95. The number of rotatable bonds is 2. The van der Waals surface area contributed by atoms with Crippen molar-refractivity contribution in [3.8, 4) is 0 Å². The van der Waals surface area contributed by atoms with Crippen molar-refractivity contribution in [2.75, 3.05) is 0 Å². The second kappa shape index (κ2) is 3.99. The highest BCUT2D eigenvalue weighted by Crippen LogP contribution is 2.46. The Morgan fingerprint density at radius 2 is 1.88 bits per heavy atom. The number of hydrogen-bond acceptors (Lipinski definition) is 2. The quantitative estimate of drug-likeness (QED) is 0.850. The van der Waals surface area contributed by atoms with Gasteiger partial charge in [-0.25, -0.2) is 0 Å². The Morgan fingerprint density at radius 1 is 1.29 bits per heavy atom. The normalized spacial score (nSPS) is 32.7. The van der Waals surface area contributed by atoms with E-state index in [-0.39, 0.29) is 11.7 Å². The van der Waals surface area contributed by atoms with Crippen LogP contribution in [0.4, 0.5) is 0 Å². The van der Waals surface area contributed by atoms with E-state index in [2.05, 4.69) is 0 Å². The molecule has 1 aliphatic rings. The minimum absolute atomic E-state index is 0.0521. The Kier molecular flexibility index (Phi) is 2.77. The lowest BCUT2D eigenvalue weighted by molar-refractivity contribution is -0.146. The van der Waals surface area contributed by atoms with Crippen LogP contribution in [0.5, 0.6) is 0 Å². The van der Waals surface area contributed by atoms with Crippen LogP contribution in [0.1, 0.15) is 25.8 Å². The lowest BCUT2D eigenvalue weighted by Crippen LogP contribution is -2.39. The highest BCUT2D eigenvalue weighted by Gasteiger charge is 2.55. The van der Waals surface area contributed by atoms with Crippen molar-refractivity contribution in [1.29, 1.82) is 0 Å². The SMILES string of the molecule is CC1CC(C(=O)O)(c2ccccc2)C(C)C1=O. The predicted molar refractivity (Wildman–Crippen MR) is 63.7 cm³/mol. The van der Waals surface area contributed by atoms with E-state index >= 15 is 0 Å². The second-order valence-electron chi connectivity index (χ2n) is 4.87. The van der Waals surface area contributed by atoms with E-state index in [4.69, 9.17) is 0 Å². The Labute approximate surface area is 100 Å².